The number of hydrogen-bond acceptors (Lipinski definition) is 5. The maximum atomic E-state index is 11.8. The van der Waals surface area contributed by atoms with Gasteiger partial charge in [0.25, 0.3) is 0 Å². The van der Waals surface area contributed by atoms with E-state index in [4.69, 9.17) is 10.3 Å². The highest BCUT2D eigenvalue weighted by Crippen LogP contribution is 2.36. The van der Waals surface area contributed by atoms with E-state index in [2.05, 4.69) is 10.0 Å². The quantitative estimate of drug-likeness (QED) is 0.282. The Balaban J connectivity index is 3.21. The lowest BCUT2D eigenvalue weighted by Crippen LogP contribution is -2.55. The smallest absolute Gasteiger partial charge is 0.340 e. The number of allylic oxidation sites excluding steroid dienone is 1. The van der Waals surface area contributed by atoms with Crippen molar-refractivity contribution in [3.63, 3.8) is 0 Å². The fourth-order valence-electron chi connectivity index (χ4n) is 2.57. The van der Waals surface area contributed by atoms with Crippen molar-refractivity contribution in [2.24, 2.45) is 5.11 Å². The second-order valence-corrected chi connectivity index (χ2v) is 6.11. The minimum atomic E-state index is -0.654. The molecule has 0 aromatic rings. The molecule has 7 nitrogen and oxygen atoms in total. The molecule has 0 saturated heterocycles. The van der Waals surface area contributed by atoms with Crippen LogP contribution in [-0.4, -0.2) is 33.9 Å². The first-order valence-electron chi connectivity index (χ1n) is 6.79. The lowest BCUT2D eigenvalue weighted by atomic mass is 9.82. The van der Waals surface area contributed by atoms with Gasteiger partial charge in [-0.3, -0.25) is 0 Å². The van der Waals surface area contributed by atoms with E-state index in [1.807, 2.05) is 33.8 Å². The van der Waals surface area contributed by atoms with Gasteiger partial charge < -0.3 is 9.94 Å². The second kappa shape index (κ2) is 6.30. The van der Waals surface area contributed by atoms with Crippen LogP contribution in [-0.2, 0) is 9.53 Å². The maximum Gasteiger partial charge on any atom is 0.340 e. The molecule has 116 valence electrons. The number of hydroxylamine groups is 2. The molecule has 0 bridgehead atoms. The van der Waals surface area contributed by atoms with Crippen LogP contribution in [0.4, 0.5) is 0 Å². The molecule has 1 aliphatic heterocycles. The second-order valence-electron chi connectivity index (χ2n) is 6.11. The van der Waals surface area contributed by atoms with Crippen LogP contribution in [0.3, 0.4) is 0 Å². The molecule has 0 unspecified atom stereocenters. The minimum absolute atomic E-state index is 0.0800. The van der Waals surface area contributed by atoms with Gasteiger partial charge in [0, 0.05) is 10.5 Å². The third kappa shape index (κ3) is 4.07. The van der Waals surface area contributed by atoms with Gasteiger partial charge in [-0.25, -0.2) is 4.79 Å². The van der Waals surface area contributed by atoms with Crippen LogP contribution < -0.4 is 0 Å². The predicted molar refractivity (Wildman–Crippen MR) is 78.3 cm³/mol. The zero-order valence-corrected chi connectivity index (χ0v) is 13.1. The Kier molecular flexibility index (Phi) is 5.17. The van der Waals surface area contributed by atoms with E-state index < -0.39 is 17.0 Å². The molecule has 21 heavy (non-hydrogen) atoms. The number of rotatable bonds is 4. The van der Waals surface area contributed by atoms with Gasteiger partial charge in [0.05, 0.1) is 12.1 Å². The van der Waals surface area contributed by atoms with E-state index in [1.165, 1.54) is 11.1 Å². The fraction of sp³-hybridized carbons (Fsp3) is 0.643. The van der Waals surface area contributed by atoms with E-state index >= 15 is 0 Å². The molecule has 0 atom stereocenters. The number of hydrogen-bond donors (Lipinski definition) is 1. The summed E-state index contributed by atoms with van der Waals surface area (Å²) in [5.41, 5.74) is 8.21. The largest absolute Gasteiger partial charge is 0.462 e. The van der Waals surface area contributed by atoms with Crippen LogP contribution in [0.25, 0.3) is 10.4 Å². The van der Waals surface area contributed by atoms with Crippen LogP contribution in [0.2, 0.25) is 0 Å². The van der Waals surface area contributed by atoms with Crippen molar-refractivity contribution in [3.05, 3.63) is 33.9 Å². The summed E-state index contributed by atoms with van der Waals surface area (Å²) < 4.78 is 4.86. The maximum absolute atomic E-state index is 11.8. The van der Waals surface area contributed by atoms with E-state index in [1.54, 1.807) is 6.92 Å². The zero-order valence-electron chi connectivity index (χ0n) is 13.1. The number of carbonyl (C=O) groups excluding carboxylic acids is 1. The first-order valence-corrected chi connectivity index (χ1v) is 6.79. The van der Waals surface area contributed by atoms with Crippen LogP contribution in [0.5, 0.6) is 0 Å². The molecule has 0 radical (unpaired) electrons. The summed E-state index contributed by atoms with van der Waals surface area (Å²) in [4.78, 5) is 14.4. The van der Waals surface area contributed by atoms with Crippen molar-refractivity contribution < 1.29 is 14.7 Å². The number of azide groups is 1. The Bertz CT molecular complexity index is 528. The zero-order chi connectivity index (χ0) is 16.3. The van der Waals surface area contributed by atoms with Crippen molar-refractivity contribution in [2.45, 2.75) is 52.1 Å². The Morgan fingerprint density at radius 3 is 2.67 bits per heavy atom. The number of nitrogens with zero attached hydrogens (tertiary/aromatic N) is 4. The lowest BCUT2D eigenvalue weighted by Gasteiger charge is -2.46. The van der Waals surface area contributed by atoms with Gasteiger partial charge in [0.15, 0.2) is 0 Å². The molecule has 7 heteroatoms. The minimum Gasteiger partial charge on any atom is -0.462 e. The van der Waals surface area contributed by atoms with Crippen LogP contribution in [0.1, 0.15) is 41.0 Å². The molecule has 1 rings (SSSR count). The predicted octanol–water partition coefficient (Wildman–Crippen LogP) is 3.32. The summed E-state index contributed by atoms with van der Waals surface area (Å²) >= 11 is 0. The van der Waals surface area contributed by atoms with E-state index in [0.29, 0.717) is 6.42 Å². The average Bonchev–Trinajstić information content (AvgIpc) is 2.35. The van der Waals surface area contributed by atoms with Crippen molar-refractivity contribution in [1.29, 1.82) is 0 Å². The molecule has 0 aliphatic carbocycles. The van der Waals surface area contributed by atoms with Gasteiger partial charge in [-0.05, 0) is 58.2 Å². The Morgan fingerprint density at radius 1 is 1.57 bits per heavy atom. The van der Waals surface area contributed by atoms with Crippen molar-refractivity contribution in [3.8, 4) is 0 Å². The van der Waals surface area contributed by atoms with E-state index in [0.717, 1.165) is 5.57 Å². The monoisotopic (exact) mass is 294 g/mol. The lowest BCUT2D eigenvalue weighted by molar-refractivity contribution is -0.213. The molecule has 1 heterocycles. The summed E-state index contributed by atoms with van der Waals surface area (Å²) in [7, 11) is 0. The summed E-state index contributed by atoms with van der Waals surface area (Å²) in [5, 5.41) is 14.9. The summed E-state index contributed by atoms with van der Waals surface area (Å²) in [6.45, 7) is 9.40. The number of ether oxygens (including phenoxy) is 1. The van der Waals surface area contributed by atoms with Gasteiger partial charge in [0.2, 0.25) is 0 Å². The highest BCUT2D eigenvalue weighted by molar-refractivity contribution is 5.88. The standard InChI is InChI=1S/C14H22N4O3/c1-6-21-12(19)11(16-17-15)7-10-8-13(2,3)18(20)14(4,5)9-10/h7-8,20H,6,9H2,1-5H3/b11-7-. The van der Waals surface area contributed by atoms with Gasteiger partial charge in [0.1, 0.15) is 5.70 Å². The molecule has 1 aliphatic rings. The molecule has 1 N–H and O–H groups in total. The first kappa shape index (κ1) is 17.2. The van der Waals surface area contributed by atoms with E-state index in [-0.39, 0.29) is 12.3 Å². The molecular weight excluding hydrogens is 272 g/mol. The normalized spacial score (nSPS) is 21.2. The number of carbonyl (C=O) groups is 1. The Hall–Kier alpha value is -1.82. The van der Waals surface area contributed by atoms with Crippen LogP contribution in [0, 0.1) is 0 Å². The molecular formula is C14H22N4O3. The summed E-state index contributed by atoms with van der Waals surface area (Å²) in [6, 6.07) is 0. The third-order valence-corrected chi connectivity index (χ3v) is 3.25. The van der Waals surface area contributed by atoms with E-state index in [9.17, 15) is 10.0 Å². The van der Waals surface area contributed by atoms with Gasteiger partial charge in [-0.15, -0.1) is 0 Å². The third-order valence-electron chi connectivity index (χ3n) is 3.25. The van der Waals surface area contributed by atoms with Crippen molar-refractivity contribution in [1.82, 2.24) is 5.06 Å². The molecule has 0 saturated carbocycles. The van der Waals surface area contributed by atoms with Crippen LogP contribution >= 0.6 is 0 Å². The van der Waals surface area contributed by atoms with Gasteiger partial charge in [-0.1, -0.05) is 11.2 Å². The number of esters is 1. The SMILES string of the molecule is CCOC(=O)/C(=C/C1=CC(C)(C)N(O)C(C)(C)C1)N=[N+]=[N-]. The molecule has 0 aromatic heterocycles. The van der Waals surface area contributed by atoms with Gasteiger partial charge in [-0.2, -0.15) is 5.06 Å². The highest BCUT2D eigenvalue weighted by Gasteiger charge is 2.40. The molecule has 0 aromatic carbocycles. The highest BCUT2D eigenvalue weighted by atomic mass is 16.5. The summed E-state index contributed by atoms with van der Waals surface area (Å²) in [5.74, 6) is -0.654. The topological polar surface area (TPSA) is 98.5 Å². The molecule has 0 amide bonds. The van der Waals surface area contributed by atoms with Crippen molar-refractivity contribution >= 4 is 5.97 Å². The Morgan fingerprint density at radius 2 is 2.19 bits per heavy atom. The van der Waals surface area contributed by atoms with Crippen molar-refractivity contribution in [2.75, 3.05) is 6.61 Å². The average molecular weight is 294 g/mol. The van der Waals surface area contributed by atoms with Gasteiger partial charge >= 0.3 is 5.97 Å². The summed E-state index contributed by atoms with van der Waals surface area (Å²) in [6.07, 6.45) is 3.87. The van der Waals surface area contributed by atoms with Crippen LogP contribution in [0.15, 0.2) is 28.5 Å². The first-order chi connectivity index (χ1) is 9.64. The Labute approximate surface area is 124 Å². The molecule has 0 fully saturated rings. The molecule has 0 spiro atoms. The fourth-order valence-corrected chi connectivity index (χ4v) is 2.57.